The van der Waals surface area contributed by atoms with Crippen molar-refractivity contribution in [3.05, 3.63) is 11.6 Å². The summed E-state index contributed by atoms with van der Waals surface area (Å²) in [6, 6.07) is 0. The van der Waals surface area contributed by atoms with Crippen LogP contribution < -0.4 is 4.90 Å². The third kappa shape index (κ3) is 2.23. The molecule has 3 rings (SSSR count). The third-order valence-corrected chi connectivity index (χ3v) is 4.93. The van der Waals surface area contributed by atoms with E-state index in [2.05, 4.69) is 9.88 Å². The van der Waals surface area contributed by atoms with Crippen LogP contribution in [-0.4, -0.2) is 29.1 Å². The minimum atomic E-state index is -0.615. The largest absolute Gasteiger partial charge is 0.481 e. The second-order valence-electron chi connectivity index (χ2n) is 5.57. The van der Waals surface area contributed by atoms with Crippen molar-refractivity contribution in [3.8, 4) is 0 Å². The Morgan fingerprint density at radius 3 is 3.06 bits per heavy atom. The zero-order valence-corrected chi connectivity index (χ0v) is 11.2. The fraction of sp³-hybridized carbons (Fsp3) is 0.692. The highest BCUT2D eigenvalue weighted by Crippen LogP contribution is 2.45. The minimum Gasteiger partial charge on any atom is -0.481 e. The number of hydrogen-bond acceptors (Lipinski definition) is 4. The van der Waals surface area contributed by atoms with Gasteiger partial charge < -0.3 is 10.0 Å². The van der Waals surface area contributed by atoms with Crippen LogP contribution in [0.5, 0.6) is 0 Å². The summed E-state index contributed by atoms with van der Waals surface area (Å²) in [5.74, 6) is 0.0352. The summed E-state index contributed by atoms with van der Waals surface area (Å²) in [4.78, 5) is 18.2. The minimum absolute atomic E-state index is 0.537. The lowest BCUT2D eigenvalue weighted by Crippen LogP contribution is -2.48. The number of nitrogens with zero attached hydrogens (tertiary/aromatic N) is 2. The van der Waals surface area contributed by atoms with Crippen LogP contribution in [0.1, 0.15) is 32.1 Å². The first-order valence-corrected chi connectivity index (χ1v) is 7.45. The molecule has 1 saturated heterocycles. The van der Waals surface area contributed by atoms with Crippen LogP contribution in [0.2, 0.25) is 0 Å². The molecule has 1 N–H and O–H groups in total. The Bertz CT molecular complexity index is 430. The SMILES string of the molecule is O=C(O)[C@@]1(CC2CC2)CCCN(c2nccs2)C1. The average molecular weight is 266 g/mol. The second-order valence-corrected chi connectivity index (χ2v) is 6.45. The van der Waals surface area contributed by atoms with Crippen molar-refractivity contribution in [1.82, 2.24) is 4.98 Å². The van der Waals surface area contributed by atoms with Crippen molar-refractivity contribution < 1.29 is 9.90 Å². The Kier molecular flexibility index (Phi) is 3.01. The van der Waals surface area contributed by atoms with Crippen molar-refractivity contribution in [2.24, 2.45) is 11.3 Å². The molecule has 4 nitrogen and oxygen atoms in total. The maximum absolute atomic E-state index is 11.7. The highest BCUT2D eigenvalue weighted by atomic mass is 32.1. The van der Waals surface area contributed by atoms with Gasteiger partial charge in [-0.3, -0.25) is 4.79 Å². The van der Waals surface area contributed by atoms with Gasteiger partial charge in [0.25, 0.3) is 0 Å². The molecular weight excluding hydrogens is 248 g/mol. The summed E-state index contributed by atoms with van der Waals surface area (Å²) in [5, 5.41) is 12.6. The lowest BCUT2D eigenvalue weighted by molar-refractivity contribution is -0.150. The highest BCUT2D eigenvalue weighted by molar-refractivity contribution is 7.13. The van der Waals surface area contributed by atoms with Gasteiger partial charge in [0.15, 0.2) is 5.13 Å². The number of hydrogen-bond donors (Lipinski definition) is 1. The van der Waals surface area contributed by atoms with Crippen LogP contribution in [0.3, 0.4) is 0 Å². The van der Waals surface area contributed by atoms with Gasteiger partial charge in [0.1, 0.15) is 0 Å². The summed E-state index contributed by atoms with van der Waals surface area (Å²) in [7, 11) is 0. The molecule has 2 heterocycles. The fourth-order valence-corrected chi connectivity index (χ4v) is 3.64. The normalized spacial score (nSPS) is 28.3. The van der Waals surface area contributed by atoms with Gasteiger partial charge in [-0.1, -0.05) is 12.8 Å². The molecule has 1 aliphatic heterocycles. The van der Waals surface area contributed by atoms with Crippen LogP contribution in [-0.2, 0) is 4.79 Å². The summed E-state index contributed by atoms with van der Waals surface area (Å²) in [5.41, 5.74) is -0.537. The molecule has 0 bridgehead atoms. The van der Waals surface area contributed by atoms with E-state index in [9.17, 15) is 9.90 Å². The molecular formula is C13H18N2O2S. The van der Waals surface area contributed by atoms with Crippen LogP contribution >= 0.6 is 11.3 Å². The van der Waals surface area contributed by atoms with Gasteiger partial charge in [-0.25, -0.2) is 4.98 Å². The Balaban J connectivity index is 1.79. The molecule has 98 valence electrons. The van der Waals surface area contributed by atoms with E-state index in [4.69, 9.17) is 0 Å². The van der Waals surface area contributed by atoms with E-state index >= 15 is 0 Å². The lowest BCUT2D eigenvalue weighted by Gasteiger charge is -2.40. The zero-order chi connectivity index (χ0) is 12.6. The molecule has 1 aromatic rings. The molecule has 18 heavy (non-hydrogen) atoms. The molecule has 1 aliphatic carbocycles. The quantitative estimate of drug-likeness (QED) is 0.910. The molecule has 1 saturated carbocycles. The van der Waals surface area contributed by atoms with Crippen molar-refractivity contribution in [1.29, 1.82) is 0 Å². The Morgan fingerprint density at radius 2 is 2.44 bits per heavy atom. The first-order valence-electron chi connectivity index (χ1n) is 6.57. The molecule has 0 spiro atoms. The second kappa shape index (κ2) is 4.53. The number of carbonyl (C=O) groups is 1. The Hall–Kier alpha value is -1.10. The van der Waals surface area contributed by atoms with Crippen molar-refractivity contribution in [2.75, 3.05) is 18.0 Å². The van der Waals surface area contributed by atoms with Gasteiger partial charge in [-0.2, -0.15) is 0 Å². The van der Waals surface area contributed by atoms with Gasteiger partial charge in [-0.05, 0) is 25.2 Å². The molecule has 0 radical (unpaired) electrons. The fourth-order valence-electron chi connectivity index (χ4n) is 2.97. The predicted molar refractivity (Wildman–Crippen MR) is 71.0 cm³/mol. The van der Waals surface area contributed by atoms with Crippen LogP contribution in [0.4, 0.5) is 5.13 Å². The molecule has 2 fully saturated rings. The predicted octanol–water partition coefficient (Wildman–Crippen LogP) is 2.61. The van der Waals surface area contributed by atoms with E-state index in [-0.39, 0.29) is 0 Å². The topological polar surface area (TPSA) is 53.4 Å². The first-order chi connectivity index (χ1) is 8.70. The lowest BCUT2D eigenvalue weighted by atomic mass is 9.76. The van der Waals surface area contributed by atoms with E-state index in [0.29, 0.717) is 12.5 Å². The molecule has 0 aromatic carbocycles. The molecule has 0 amide bonds. The summed E-state index contributed by atoms with van der Waals surface area (Å²) in [6.45, 7) is 1.57. The van der Waals surface area contributed by atoms with Gasteiger partial charge in [0.2, 0.25) is 0 Å². The summed E-state index contributed by atoms with van der Waals surface area (Å²) >= 11 is 1.60. The van der Waals surface area contributed by atoms with Gasteiger partial charge >= 0.3 is 5.97 Å². The standard InChI is InChI=1S/C13H18N2O2S/c16-11(17)13(8-10-2-3-10)4-1-6-15(9-13)12-14-5-7-18-12/h5,7,10H,1-4,6,8-9H2,(H,16,17)/t13-/m1/s1. The van der Waals surface area contributed by atoms with Crippen molar-refractivity contribution in [2.45, 2.75) is 32.1 Å². The van der Waals surface area contributed by atoms with Crippen molar-refractivity contribution >= 4 is 22.4 Å². The Labute approximate surface area is 111 Å². The number of anilines is 1. The first kappa shape index (κ1) is 12.0. The average Bonchev–Trinajstić information content (AvgIpc) is 3.00. The van der Waals surface area contributed by atoms with Crippen LogP contribution in [0.15, 0.2) is 11.6 Å². The number of thiazole rings is 1. The number of carboxylic acids is 1. The zero-order valence-electron chi connectivity index (χ0n) is 10.3. The number of piperidine rings is 1. The molecule has 1 aromatic heterocycles. The van der Waals surface area contributed by atoms with E-state index in [1.807, 2.05) is 5.38 Å². The molecule has 1 atom stereocenters. The van der Waals surface area contributed by atoms with Gasteiger partial charge in [0.05, 0.1) is 5.41 Å². The molecule has 0 unspecified atom stereocenters. The van der Waals surface area contributed by atoms with Gasteiger partial charge in [0, 0.05) is 24.7 Å². The number of carboxylic acid groups (broad SMARTS) is 1. The summed E-state index contributed by atoms with van der Waals surface area (Å²) < 4.78 is 0. The van der Waals surface area contributed by atoms with Crippen LogP contribution in [0, 0.1) is 11.3 Å². The van der Waals surface area contributed by atoms with E-state index in [1.165, 1.54) is 12.8 Å². The van der Waals surface area contributed by atoms with E-state index < -0.39 is 11.4 Å². The Morgan fingerprint density at radius 1 is 1.61 bits per heavy atom. The van der Waals surface area contributed by atoms with E-state index in [1.54, 1.807) is 17.5 Å². The number of aromatic nitrogens is 1. The van der Waals surface area contributed by atoms with Crippen molar-refractivity contribution in [3.63, 3.8) is 0 Å². The summed E-state index contributed by atoms with van der Waals surface area (Å²) in [6.07, 6.45) is 6.85. The monoisotopic (exact) mass is 266 g/mol. The highest BCUT2D eigenvalue weighted by Gasteiger charge is 2.46. The molecule has 5 heteroatoms. The van der Waals surface area contributed by atoms with Crippen LogP contribution in [0.25, 0.3) is 0 Å². The maximum atomic E-state index is 11.7. The number of rotatable bonds is 4. The number of aliphatic carboxylic acids is 1. The third-order valence-electron chi connectivity index (χ3n) is 4.10. The van der Waals surface area contributed by atoms with Gasteiger partial charge in [-0.15, -0.1) is 11.3 Å². The maximum Gasteiger partial charge on any atom is 0.311 e. The van der Waals surface area contributed by atoms with E-state index in [0.717, 1.165) is 30.9 Å². The smallest absolute Gasteiger partial charge is 0.311 e. The molecule has 2 aliphatic rings.